The largest absolute Gasteiger partial charge is 0.472 e. The van der Waals surface area contributed by atoms with Gasteiger partial charge in [-0.05, 0) is 12.8 Å². The lowest BCUT2D eigenvalue weighted by Crippen LogP contribution is -2.38. The zero-order valence-corrected chi connectivity index (χ0v) is 23.1. The van der Waals surface area contributed by atoms with Crippen molar-refractivity contribution in [3.05, 3.63) is 20.2 Å². The summed E-state index contributed by atoms with van der Waals surface area (Å²) in [5.41, 5.74) is 0. The Morgan fingerprint density at radius 2 is 1.37 bits per heavy atom. The highest BCUT2D eigenvalue weighted by molar-refractivity contribution is 7.47. The van der Waals surface area contributed by atoms with Crippen LogP contribution in [0.5, 0.6) is 0 Å². The molecular formula is C20H39N3O14P+. The number of phosphoric ester groups is 1. The highest BCUT2D eigenvalue weighted by Crippen LogP contribution is 2.43. The minimum atomic E-state index is -4.65. The van der Waals surface area contributed by atoms with Gasteiger partial charge >= 0.3 is 19.8 Å². The summed E-state index contributed by atoms with van der Waals surface area (Å²) >= 11 is 0. The van der Waals surface area contributed by atoms with Crippen LogP contribution in [0.1, 0.15) is 39.5 Å². The molecule has 0 saturated carbocycles. The minimum absolute atomic E-state index is 0.00585. The third-order valence-corrected chi connectivity index (χ3v) is 6.17. The quantitative estimate of drug-likeness (QED) is 0.0564. The number of ether oxygens (including phenoxy) is 2. The normalized spacial score (nSPS) is 17.4. The first kappa shape index (κ1) is 35.7. The van der Waals surface area contributed by atoms with E-state index in [1.165, 1.54) is 13.8 Å². The van der Waals surface area contributed by atoms with Crippen LogP contribution in [0, 0.1) is 20.2 Å². The summed E-state index contributed by atoms with van der Waals surface area (Å²) in [5, 5.41) is 41.8. The summed E-state index contributed by atoms with van der Waals surface area (Å²) < 4.78 is 32.2. The van der Waals surface area contributed by atoms with Crippen molar-refractivity contribution in [3.8, 4) is 0 Å². The molecule has 6 unspecified atom stereocenters. The molecule has 18 heteroatoms. The van der Waals surface area contributed by atoms with Crippen molar-refractivity contribution in [3.63, 3.8) is 0 Å². The molecule has 6 atom stereocenters. The van der Waals surface area contributed by atoms with Gasteiger partial charge in [-0.25, -0.2) is 4.57 Å². The molecule has 0 aromatic rings. The zero-order chi connectivity index (χ0) is 29.7. The smallest absolute Gasteiger partial charge is 0.461 e. The lowest BCUT2D eigenvalue weighted by molar-refractivity contribution is -0.870. The van der Waals surface area contributed by atoms with Gasteiger partial charge in [0.15, 0.2) is 6.10 Å². The van der Waals surface area contributed by atoms with Gasteiger partial charge in [0.2, 0.25) is 12.1 Å². The van der Waals surface area contributed by atoms with Crippen molar-refractivity contribution >= 4 is 19.8 Å². The lowest BCUT2D eigenvalue weighted by Gasteiger charge is -2.24. The van der Waals surface area contributed by atoms with E-state index in [0.29, 0.717) is 11.0 Å². The highest BCUT2D eigenvalue weighted by Gasteiger charge is 2.35. The van der Waals surface area contributed by atoms with Crippen LogP contribution < -0.4 is 0 Å². The van der Waals surface area contributed by atoms with Crippen LogP contribution in [-0.4, -0.2) is 119 Å². The molecule has 0 aliphatic heterocycles. The number of quaternary nitrogens is 1. The van der Waals surface area contributed by atoms with Crippen molar-refractivity contribution in [2.45, 2.75) is 69.9 Å². The second-order valence-corrected chi connectivity index (χ2v) is 10.9. The standard InChI is InChI=1S/C20H38N3O14P/c1-6-17(24)15(21(28)29)10-19(26)34-12-14(13-36-38(32,33)35-9-8-23(3,4)5)37-20(27)11-16(22(30)31)18(25)7-2/h14-18,24-25H,6-13H2,1-5H3/p+1. The van der Waals surface area contributed by atoms with Gasteiger partial charge in [-0.15, -0.1) is 0 Å². The fourth-order valence-corrected chi connectivity index (χ4v) is 3.57. The van der Waals surface area contributed by atoms with E-state index in [2.05, 4.69) is 0 Å². The van der Waals surface area contributed by atoms with Crippen molar-refractivity contribution in [1.29, 1.82) is 0 Å². The van der Waals surface area contributed by atoms with Crippen molar-refractivity contribution in [1.82, 2.24) is 0 Å². The number of rotatable bonds is 20. The number of carbonyl (C=O) groups excluding carboxylic acids is 2. The van der Waals surface area contributed by atoms with E-state index >= 15 is 0 Å². The molecule has 0 aliphatic carbocycles. The van der Waals surface area contributed by atoms with E-state index in [1.54, 1.807) is 0 Å². The molecule has 0 aliphatic rings. The minimum Gasteiger partial charge on any atom is -0.461 e. The average Bonchev–Trinajstić information content (AvgIpc) is 2.80. The number of phosphoric acid groups is 1. The van der Waals surface area contributed by atoms with E-state index in [1.807, 2.05) is 21.1 Å². The van der Waals surface area contributed by atoms with E-state index in [9.17, 15) is 49.5 Å². The van der Waals surface area contributed by atoms with Crippen LogP contribution >= 0.6 is 7.82 Å². The lowest BCUT2D eigenvalue weighted by atomic mass is 10.1. The molecule has 17 nitrogen and oxygen atoms in total. The highest BCUT2D eigenvalue weighted by atomic mass is 31.2. The molecule has 0 fully saturated rings. The Kier molecular flexibility index (Phi) is 15.6. The predicted octanol–water partition coefficient (Wildman–Crippen LogP) is -0.106. The van der Waals surface area contributed by atoms with Crippen LogP contribution in [0.4, 0.5) is 0 Å². The van der Waals surface area contributed by atoms with E-state index in [-0.39, 0.29) is 19.4 Å². The summed E-state index contributed by atoms with van der Waals surface area (Å²) in [6, 6.07) is -3.36. The summed E-state index contributed by atoms with van der Waals surface area (Å²) in [5.74, 6) is -2.34. The molecule has 0 spiro atoms. The van der Waals surface area contributed by atoms with Crippen LogP contribution in [0.25, 0.3) is 0 Å². The third-order valence-electron chi connectivity index (χ3n) is 5.19. The molecule has 0 aromatic heterocycles. The van der Waals surface area contributed by atoms with Crippen molar-refractivity contribution < 1.29 is 62.1 Å². The van der Waals surface area contributed by atoms with Crippen molar-refractivity contribution in [2.75, 3.05) is 47.5 Å². The SMILES string of the molecule is CCC(O)C(CC(=O)OCC(COP(=O)(O)OCC[N+](C)(C)C)OC(=O)CC(C(O)CC)[N+](=O)[O-])[N+](=O)[O-]. The molecule has 3 N–H and O–H groups in total. The van der Waals surface area contributed by atoms with Gasteiger partial charge in [0.25, 0.3) is 0 Å². The van der Waals surface area contributed by atoms with E-state index < -0.39 is 86.1 Å². The van der Waals surface area contributed by atoms with Crippen LogP contribution in [-0.2, 0) is 32.7 Å². The Morgan fingerprint density at radius 1 is 0.895 bits per heavy atom. The summed E-state index contributed by atoms with van der Waals surface area (Å²) in [6.07, 6.45) is -6.16. The van der Waals surface area contributed by atoms with Gasteiger partial charge < -0.3 is 29.1 Å². The Labute approximate surface area is 220 Å². The second kappa shape index (κ2) is 16.6. The monoisotopic (exact) mass is 576 g/mol. The number of carbonyl (C=O) groups is 2. The fourth-order valence-electron chi connectivity index (χ4n) is 2.83. The maximum atomic E-state index is 12.3. The molecule has 0 rings (SSSR count). The van der Waals surface area contributed by atoms with Gasteiger partial charge in [-0.1, -0.05) is 13.8 Å². The number of aliphatic hydroxyl groups excluding tert-OH is 2. The van der Waals surface area contributed by atoms with Crippen LogP contribution in [0.3, 0.4) is 0 Å². The molecule has 0 aromatic carbocycles. The summed E-state index contributed by atoms with van der Waals surface area (Å²) in [6.45, 7) is 1.48. The fraction of sp³-hybridized carbons (Fsp3) is 0.900. The molecule has 0 radical (unpaired) electrons. The Balaban J connectivity index is 5.37. The predicted molar refractivity (Wildman–Crippen MR) is 129 cm³/mol. The molecule has 0 saturated heterocycles. The first-order valence-electron chi connectivity index (χ1n) is 11.8. The molecule has 0 amide bonds. The zero-order valence-electron chi connectivity index (χ0n) is 22.2. The van der Waals surface area contributed by atoms with E-state index in [4.69, 9.17) is 18.5 Å². The summed E-state index contributed by atoms with van der Waals surface area (Å²) in [7, 11) is 0.785. The second-order valence-electron chi connectivity index (χ2n) is 9.47. The Morgan fingerprint density at radius 3 is 1.79 bits per heavy atom. The number of hydrogen-bond donors (Lipinski definition) is 3. The van der Waals surface area contributed by atoms with Crippen LogP contribution in [0.15, 0.2) is 0 Å². The number of nitro groups is 2. The van der Waals surface area contributed by atoms with Crippen LogP contribution in [0.2, 0.25) is 0 Å². The Bertz CT molecular complexity index is 836. The molecular weight excluding hydrogens is 537 g/mol. The summed E-state index contributed by atoms with van der Waals surface area (Å²) in [4.78, 5) is 54.9. The number of nitrogens with zero attached hydrogens (tertiary/aromatic N) is 3. The first-order chi connectivity index (χ1) is 17.4. The molecule has 222 valence electrons. The third kappa shape index (κ3) is 15.2. The topological polar surface area (TPSA) is 235 Å². The first-order valence-corrected chi connectivity index (χ1v) is 13.3. The van der Waals surface area contributed by atoms with Gasteiger partial charge in [0.05, 0.1) is 27.7 Å². The average molecular weight is 577 g/mol. The van der Waals surface area contributed by atoms with Gasteiger partial charge in [0, 0.05) is 9.85 Å². The number of aliphatic hydroxyl groups is 2. The van der Waals surface area contributed by atoms with Gasteiger partial charge in [0.1, 0.15) is 44.8 Å². The van der Waals surface area contributed by atoms with E-state index in [0.717, 1.165) is 0 Å². The molecule has 38 heavy (non-hydrogen) atoms. The van der Waals surface area contributed by atoms with Crippen molar-refractivity contribution in [2.24, 2.45) is 0 Å². The number of likely N-dealkylation sites (N-methyl/N-ethyl adjacent to an activating group) is 1. The molecule has 0 heterocycles. The van der Waals surface area contributed by atoms with Gasteiger partial charge in [-0.2, -0.15) is 0 Å². The maximum absolute atomic E-state index is 12.3. The Hall–Kier alpha value is -2.27. The number of hydrogen-bond acceptors (Lipinski definition) is 13. The maximum Gasteiger partial charge on any atom is 0.472 e. The molecule has 0 bridgehead atoms. The van der Waals surface area contributed by atoms with Gasteiger partial charge in [-0.3, -0.25) is 38.9 Å². The number of esters is 2.